The summed E-state index contributed by atoms with van der Waals surface area (Å²) in [5.74, 6) is 0. The van der Waals surface area contributed by atoms with Crippen LogP contribution >= 0.6 is 0 Å². The summed E-state index contributed by atoms with van der Waals surface area (Å²) in [6.07, 6.45) is 0. The van der Waals surface area contributed by atoms with Gasteiger partial charge in [-0.05, 0) is 67.5 Å². The minimum atomic E-state index is -0.446. The van der Waals surface area contributed by atoms with E-state index in [0.29, 0.717) is 0 Å². The zero-order chi connectivity index (χ0) is 21.8. The van der Waals surface area contributed by atoms with Crippen molar-refractivity contribution in [3.8, 4) is 11.1 Å². The normalized spacial score (nSPS) is 20.4. The molecule has 1 aliphatic heterocycles. The largest absolute Gasteiger partial charge is 0.495 e. The van der Waals surface area contributed by atoms with E-state index in [2.05, 4.69) is 84.0 Å². The molecule has 0 radical (unpaired) electrons. The van der Waals surface area contributed by atoms with Crippen molar-refractivity contribution in [2.75, 3.05) is 0 Å². The van der Waals surface area contributed by atoms with Gasteiger partial charge in [0.15, 0.2) is 0 Å². The molecule has 0 amide bonds. The van der Waals surface area contributed by atoms with Crippen LogP contribution < -0.4 is 5.46 Å². The summed E-state index contributed by atoms with van der Waals surface area (Å²) in [6, 6.07) is 19.2. The highest BCUT2D eigenvalue weighted by Gasteiger charge is 2.53. The molecule has 3 nitrogen and oxygen atoms in total. The second kappa shape index (κ2) is 5.82. The van der Waals surface area contributed by atoms with Gasteiger partial charge in [0.05, 0.1) is 11.2 Å². The van der Waals surface area contributed by atoms with Crippen molar-refractivity contribution in [1.29, 1.82) is 0 Å². The fourth-order valence-electron chi connectivity index (χ4n) is 5.36. The molecule has 1 aromatic heterocycles. The van der Waals surface area contributed by atoms with Gasteiger partial charge in [-0.15, -0.1) is 0 Å². The lowest BCUT2D eigenvalue weighted by Crippen LogP contribution is -2.41. The first-order valence-corrected chi connectivity index (χ1v) is 11.1. The van der Waals surface area contributed by atoms with Crippen LogP contribution in [0.2, 0.25) is 0 Å². The number of rotatable bonds is 1. The lowest BCUT2D eigenvalue weighted by molar-refractivity contribution is 0.00578. The highest BCUT2D eigenvalue weighted by atomic mass is 16.7. The van der Waals surface area contributed by atoms with Crippen LogP contribution in [0.4, 0.5) is 0 Å². The van der Waals surface area contributed by atoms with Crippen LogP contribution in [0.15, 0.2) is 59.0 Å². The molecule has 156 valence electrons. The van der Waals surface area contributed by atoms with Gasteiger partial charge in [0.1, 0.15) is 11.2 Å². The Labute approximate surface area is 183 Å². The minimum absolute atomic E-state index is 0.156. The predicted molar refractivity (Wildman–Crippen MR) is 127 cm³/mol. The van der Waals surface area contributed by atoms with Gasteiger partial charge in [-0.25, -0.2) is 0 Å². The third-order valence-electron chi connectivity index (χ3n) is 7.70. The maximum Gasteiger partial charge on any atom is 0.495 e. The van der Waals surface area contributed by atoms with Crippen LogP contribution in [0.25, 0.3) is 33.1 Å². The molecule has 3 aromatic carbocycles. The molecule has 0 unspecified atom stereocenters. The molecule has 1 saturated heterocycles. The van der Waals surface area contributed by atoms with E-state index in [1.165, 1.54) is 27.6 Å². The van der Waals surface area contributed by atoms with Crippen molar-refractivity contribution in [2.24, 2.45) is 0 Å². The fourth-order valence-corrected chi connectivity index (χ4v) is 5.36. The van der Waals surface area contributed by atoms with Crippen LogP contribution in [-0.2, 0) is 14.7 Å². The van der Waals surface area contributed by atoms with Crippen LogP contribution in [-0.4, -0.2) is 18.3 Å². The monoisotopic (exact) mass is 410 g/mol. The zero-order valence-electron chi connectivity index (χ0n) is 19.0. The average Bonchev–Trinajstić information content (AvgIpc) is 3.27. The van der Waals surface area contributed by atoms with Crippen molar-refractivity contribution >= 4 is 34.5 Å². The number of para-hydroxylation sites is 1. The van der Waals surface area contributed by atoms with Gasteiger partial charge in [0.2, 0.25) is 0 Å². The topological polar surface area (TPSA) is 31.6 Å². The molecular formula is C27H27BO3. The molecule has 4 aromatic rings. The minimum Gasteiger partial charge on any atom is -0.456 e. The molecule has 0 N–H and O–H groups in total. The van der Waals surface area contributed by atoms with Gasteiger partial charge in [0.25, 0.3) is 0 Å². The van der Waals surface area contributed by atoms with E-state index in [9.17, 15) is 0 Å². The van der Waals surface area contributed by atoms with Gasteiger partial charge in [0, 0.05) is 16.2 Å². The third kappa shape index (κ3) is 2.38. The molecule has 1 aliphatic carbocycles. The van der Waals surface area contributed by atoms with Crippen LogP contribution in [0, 0.1) is 0 Å². The summed E-state index contributed by atoms with van der Waals surface area (Å²) in [6.45, 7) is 13.0. The van der Waals surface area contributed by atoms with Crippen molar-refractivity contribution in [2.45, 2.75) is 58.2 Å². The Morgan fingerprint density at radius 3 is 2.13 bits per heavy atom. The highest BCUT2D eigenvalue weighted by molar-refractivity contribution is 6.64. The first-order chi connectivity index (χ1) is 14.6. The molecule has 0 bridgehead atoms. The number of hydrogen-bond acceptors (Lipinski definition) is 3. The molecule has 4 heteroatoms. The highest BCUT2D eigenvalue weighted by Crippen LogP contribution is 2.53. The third-order valence-corrected chi connectivity index (χ3v) is 7.70. The Kier molecular flexibility index (Phi) is 3.59. The smallest absolute Gasteiger partial charge is 0.456 e. The Morgan fingerprint density at radius 1 is 0.742 bits per heavy atom. The van der Waals surface area contributed by atoms with Crippen molar-refractivity contribution in [3.05, 3.63) is 65.7 Å². The molecule has 6 rings (SSSR count). The van der Waals surface area contributed by atoms with Gasteiger partial charge >= 0.3 is 7.12 Å². The summed E-state index contributed by atoms with van der Waals surface area (Å²) in [7, 11) is -0.446. The number of furan rings is 1. The lowest BCUT2D eigenvalue weighted by Gasteiger charge is -2.32. The van der Waals surface area contributed by atoms with Gasteiger partial charge in [-0.2, -0.15) is 0 Å². The second-order valence-corrected chi connectivity index (χ2v) is 10.4. The Bertz CT molecular complexity index is 1360. The quantitative estimate of drug-likeness (QED) is 0.351. The number of hydrogen-bond donors (Lipinski definition) is 0. The standard InChI is InChI=1S/C27H27BO3/c1-25(2)18-13-9-7-11-16(18)22-19(28-30-26(3,4)27(5,6)31-28)15-21-23(24(22)25)17-12-8-10-14-20(17)29-21/h7-15H,1-6H3. The molecule has 1 fully saturated rings. The van der Waals surface area contributed by atoms with E-state index < -0.39 is 18.3 Å². The Balaban J connectivity index is 1.74. The molecular weight excluding hydrogens is 383 g/mol. The summed E-state index contributed by atoms with van der Waals surface area (Å²) >= 11 is 0. The van der Waals surface area contributed by atoms with Gasteiger partial charge in [-0.3, -0.25) is 0 Å². The molecule has 0 spiro atoms. The summed E-state index contributed by atoms with van der Waals surface area (Å²) in [4.78, 5) is 0. The summed E-state index contributed by atoms with van der Waals surface area (Å²) in [5.41, 5.74) is 7.04. The molecule has 31 heavy (non-hydrogen) atoms. The lowest BCUT2D eigenvalue weighted by atomic mass is 9.72. The summed E-state index contributed by atoms with van der Waals surface area (Å²) in [5, 5.41) is 2.36. The molecule has 2 aliphatic rings. The average molecular weight is 410 g/mol. The van der Waals surface area contributed by atoms with Gasteiger partial charge in [-0.1, -0.05) is 56.3 Å². The predicted octanol–water partition coefficient (Wildman–Crippen LogP) is 6.19. The summed E-state index contributed by atoms with van der Waals surface area (Å²) < 4.78 is 19.4. The first-order valence-electron chi connectivity index (χ1n) is 11.1. The van der Waals surface area contributed by atoms with E-state index in [1.54, 1.807) is 0 Å². The van der Waals surface area contributed by atoms with Crippen LogP contribution in [0.3, 0.4) is 0 Å². The van der Waals surface area contributed by atoms with E-state index >= 15 is 0 Å². The number of benzene rings is 3. The zero-order valence-corrected chi connectivity index (χ0v) is 19.0. The van der Waals surface area contributed by atoms with E-state index in [1.807, 2.05) is 12.1 Å². The molecule has 2 heterocycles. The fraction of sp³-hybridized carbons (Fsp3) is 0.333. The van der Waals surface area contributed by atoms with E-state index in [0.717, 1.165) is 22.0 Å². The van der Waals surface area contributed by atoms with Crippen LogP contribution in [0.5, 0.6) is 0 Å². The SMILES string of the molecule is CC1(C)c2ccccc2-c2c(B3OC(C)(C)C(C)(C)O3)cc3oc4ccccc4c3c21. The van der Waals surface area contributed by atoms with Gasteiger partial charge < -0.3 is 13.7 Å². The maximum atomic E-state index is 6.52. The second-order valence-electron chi connectivity index (χ2n) is 10.4. The number of fused-ring (bicyclic) bond motifs is 7. The Morgan fingerprint density at radius 2 is 1.39 bits per heavy atom. The first kappa shape index (κ1) is 19.2. The molecule has 0 saturated carbocycles. The molecule has 0 atom stereocenters. The van der Waals surface area contributed by atoms with E-state index in [-0.39, 0.29) is 5.41 Å². The Hall–Kier alpha value is -2.56. The van der Waals surface area contributed by atoms with Crippen molar-refractivity contribution in [1.82, 2.24) is 0 Å². The maximum absolute atomic E-state index is 6.52. The van der Waals surface area contributed by atoms with Crippen molar-refractivity contribution in [3.63, 3.8) is 0 Å². The van der Waals surface area contributed by atoms with Crippen molar-refractivity contribution < 1.29 is 13.7 Å². The van der Waals surface area contributed by atoms with Crippen LogP contribution in [0.1, 0.15) is 52.7 Å². The van der Waals surface area contributed by atoms with E-state index in [4.69, 9.17) is 13.7 Å².